The van der Waals surface area contributed by atoms with Crippen molar-refractivity contribution in [3.05, 3.63) is 0 Å². The standard InChI is InChI=1S/C12H10F13IO/c13-7(14,1-5-3-27-4-6(5)2-26)8(15,16)9(17,18)10(19,20)11(21,22)12(23,24)25/h5-6H,1-4H2/t5-,6+/m0/s1. The maximum Gasteiger partial charge on any atom is 0.460 e. The lowest BCUT2D eigenvalue weighted by Crippen LogP contribution is -2.70. The minimum absolute atomic E-state index is 0.0305. The van der Waals surface area contributed by atoms with Crippen LogP contribution in [0.4, 0.5) is 57.1 Å². The van der Waals surface area contributed by atoms with Crippen molar-refractivity contribution in [3.63, 3.8) is 0 Å². The molecule has 15 heteroatoms. The minimum atomic E-state index is -7.85. The van der Waals surface area contributed by atoms with E-state index in [1.807, 2.05) is 0 Å². The summed E-state index contributed by atoms with van der Waals surface area (Å²) in [4.78, 5) is 0. The molecule has 27 heavy (non-hydrogen) atoms. The van der Waals surface area contributed by atoms with Crippen molar-refractivity contribution in [1.82, 2.24) is 0 Å². The average molecular weight is 544 g/mol. The van der Waals surface area contributed by atoms with E-state index in [1.165, 1.54) is 0 Å². The van der Waals surface area contributed by atoms with Gasteiger partial charge in [-0.3, -0.25) is 0 Å². The molecule has 1 aliphatic rings. The van der Waals surface area contributed by atoms with Crippen molar-refractivity contribution < 1.29 is 61.8 Å². The Hall–Kier alpha value is -0.220. The molecule has 0 radical (unpaired) electrons. The van der Waals surface area contributed by atoms with Crippen LogP contribution in [0.15, 0.2) is 0 Å². The van der Waals surface area contributed by atoms with E-state index < -0.39 is 60.7 Å². The van der Waals surface area contributed by atoms with Gasteiger partial charge in [-0.15, -0.1) is 0 Å². The van der Waals surface area contributed by atoms with E-state index >= 15 is 0 Å². The SMILES string of the molecule is FC(F)(F)C(F)(F)C(F)(F)C(F)(F)C(F)(F)C(F)(F)C[C@H]1COC[C@H]1CI. The predicted molar refractivity (Wildman–Crippen MR) is 72.1 cm³/mol. The molecule has 1 fully saturated rings. The second-order valence-electron chi connectivity index (χ2n) is 5.92. The quantitative estimate of drug-likeness (QED) is 0.224. The first kappa shape index (κ1) is 24.8. The van der Waals surface area contributed by atoms with Crippen LogP contribution in [0.1, 0.15) is 6.42 Å². The third-order valence-electron chi connectivity index (χ3n) is 4.05. The first-order valence-electron chi connectivity index (χ1n) is 6.87. The summed E-state index contributed by atoms with van der Waals surface area (Å²) in [6.45, 7) is -0.853. The highest BCUT2D eigenvalue weighted by atomic mass is 127. The fraction of sp³-hybridized carbons (Fsp3) is 1.00. The highest BCUT2D eigenvalue weighted by molar-refractivity contribution is 14.1. The second-order valence-corrected chi connectivity index (χ2v) is 6.80. The summed E-state index contributed by atoms with van der Waals surface area (Å²) >= 11 is 1.62. The number of hydrogen-bond acceptors (Lipinski definition) is 1. The highest BCUT2D eigenvalue weighted by Crippen LogP contribution is 2.61. The Morgan fingerprint density at radius 1 is 0.630 bits per heavy atom. The Labute approximate surface area is 156 Å². The predicted octanol–water partition coefficient (Wildman–Crippen LogP) is 5.81. The van der Waals surface area contributed by atoms with Gasteiger partial charge in [0.05, 0.1) is 6.61 Å². The van der Waals surface area contributed by atoms with Gasteiger partial charge in [0.1, 0.15) is 0 Å². The Morgan fingerprint density at radius 3 is 1.44 bits per heavy atom. The molecule has 0 aromatic carbocycles. The summed E-state index contributed by atoms with van der Waals surface area (Å²) in [6.07, 6.45) is -9.56. The first-order valence-corrected chi connectivity index (χ1v) is 8.40. The Morgan fingerprint density at radius 2 is 1.04 bits per heavy atom. The maximum absolute atomic E-state index is 13.7. The minimum Gasteiger partial charge on any atom is -0.381 e. The molecule has 0 aromatic rings. The summed E-state index contributed by atoms with van der Waals surface area (Å²) < 4.78 is 173. The molecule has 2 atom stereocenters. The van der Waals surface area contributed by atoms with Gasteiger partial charge in [0, 0.05) is 17.5 Å². The molecular weight excluding hydrogens is 534 g/mol. The van der Waals surface area contributed by atoms with Gasteiger partial charge in [0.2, 0.25) is 0 Å². The molecule has 1 rings (SSSR count). The Kier molecular flexibility index (Phi) is 6.65. The molecule has 0 unspecified atom stereocenters. The molecule has 0 spiro atoms. The molecule has 0 N–H and O–H groups in total. The summed E-state index contributed by atoms with van der Waals surface area (Å²) in [7, 11) is 0. The van der Waals surface area contributed by atoms with E-state index in [1.54, 1.807) is 22.6 Å². The van der Waals surface area contributed by atoms with Crippen LogP contribution in [0.2, 0.25) is 0 Å². The van der Waals surface area contributed by atoms with E-state index in [0.717, 1.165) is 0 Å². The van der Waals surface area contributed by atoms with Gasteiger partial charge in [-0.05, 0) is 11.8 Å². The average Bonchev–Trinajstić information content (AvgIpc) is 2.91. The molecule has 0 aromatic heterocycles. The molecule has 1 saturated heterocycles. The summed E-state index contributed by atoms with van der Waals surface area (Å²) in [5.74, 6) is -38.9. The van der Waals surface area contributed by atoms with Crippen LogP contribution in [-0.4, -0.2) is 53.4 Å². The van der Waals surface area contributed by atoms with E-state index in [-0.39, 0.29) is 11.0 Å². The third-order valence-corrected chi connectivity index (χ3v) is 5.18. The van der Waals surface area contributed by atoms with Crippen molar-refractivity contribution in [3.8, 4) is 0 Å². The normalized spacial score (nSPS) is 23.8. The molecule has 0 aliphatic carbocycles. The van der Waals surface area contributed by atoms with Crippen LogP contribution < -0.4 is 0 Å². The molecule has 0 amide bonds. The van der Waals surface area contributed by atoms with Gasteiger partial charge >= 0.3 is 35.8 Å². The molecule has 1 aliphatic heterocycles. The van der Waals surface area contributed by atoms with Gasteiger partial charge in [0.15, 0.2) is 0 Å². The molecule has 1 nitrogen and oxygen atoms in total. The number of hydrogen-bond donors (Lipinski definition) is 0. The van der Waals surface area contributed by atoms with Crippen molar-refractivity contribution in [2.45, 2.75) is 42.2 Å². The summed E-state index contributed by atoms with van der Waals surface area (Å²) in [6, 6.07) is 0. The number of alkyl halides is 14. The van der Waals surface area contributed by atoms with E-state index in [4.69, 9.17) is 0 Å². The lowest BCUT2D eigenvalue weighted by atomic mass is 9.85. The zero-order chi connectivity index (χ0) is 21.7. The highest BCUT2D eigenvalue weighted by Gasteiger charge is 2.90. The van der Waals surface area contributed by atoms with Crippen LogP contribution in [0.5, 0.6) is 0 Å². The smallest absolute Gasteiger partial charge is 0.381 e. The maximum atomic E-state index is 13.7. The summed E-state index contributed by atoms with van der Waals surface area (Å²) in [5, 5.41) is 0. The van der Waals surface area contributed by atoms with Crippen LogP contribution >= 0.6 is 22.6 Å². The van der Waals surface area contributed by atoms with Crippen LogP contribution in [-0.2, 0) is 4.74 Å². The molecule has 0 bridgehead atoms. The molecule has 162 valence electrons. The number of ether oxygens (including phenoxy) is 1. The molecule has 1 heterocycles. The topological polar surface area (TPSA) is 9.23 Å². The first-order chi connectivity index (χ1) is 11.8. The van der Waals surface area contributed by atoms with Crippen LogP contribution in [0, 0.1) is 11.8 Å². The van der Waals surface area contributed by atoms with Crippen LogP contribution in [0.3, 0.4) is 0 Å². The van der Waals surface area contributed by atoms with Crippen molar-refractivity contribution >= 4 is 22.6 Å². The summed E-state index contributed by atoms with van der Waals surface area (Å²) in [5.41, 5.74) is 0. The molecule has 0 saturated carbocycles. The number of halogens is 14. The zero-order valence-corrected chi connectivity index (χ0v) is 14.8. The molecular formula is C12H10F13IO. The Balaban J connectivity index is 3.29. The van der Waals surface area contributed by atoms with E-state index in [0.29, 0.717) is 0 Å². The largest absolute Gasteiger partial charge is 0.460 e. The van der Waals surface area contributed by atoms with Crippen molar-refractivity contribution in [2.75, 3.05) is 17.6 Å². The third kappa shape index (κ3) is 3.82. The van der Waals surface area contributed by atoms with Gasteiger partial charge < -0.3 is 4.74 Å². The van der Waals surface area contributed by atoms with Crippen molar-refractivity contribution in [1.29, 1.82) is 0 Å². The second kappa shape index (κ2) is 7.23. The zero-order valence-electron chi connectivity index (χ0n) is 12.7. The Bertz CT molecular complexity index is 530. The lowest BCUT2D eigenvalue weighted by Gasteiger charge is -2.40. The fourth-order valence-electron chi connectivity index (χ4n) is 2.30. The number of rotatable bonds is 7. The van der Waals surface area contributed by atoms with E-state index in [2.05, 4.69) is 4.74 Å². The van der Waals surface area contributed by atoms with Gasteiger partial charge in [0.25, 0.3) is 0 Å². The van der Waals surface area contributed by atoms with E-state index in [9.17, 15) is 57.1 Å². The monoisotopic (exact) mass is 544 g/mol. The van der Waals surface area contributed by atoms with Gasteiger partial charge in [-0.2, -0.15) is 57.1 Å². The van der Waals surface area contributed by atoms with Gasteiger partial charge in [-0.25, -0.2) is 0 Å². The van der Waals surface area contributed by atoms with Crippen LogP contribution in [0.25, 0.3) is 0 Å². The van der Waals surface area contributed by atoms with Gasteiger partial charge in [-0.1, -0.05) is 22.6 Å². The lowest BCUT2D eigenvalue weighted by molar-refractivity contribution is -0.440. The fourth-order valence-corrected chi connectivity index (χ4v) is 3.27. The van der Waals surface area contributed by atoms with Crippen molar-refractivity contribution in [2.24, 2.45) is 11.8 Å².